The monoisotopic (exact) mass is 153 g/mol. The molecule has 0 aliphatic carbocycles. The van der Waals surface area contributed by atoms with Gasteiger partial charge < -0.3 is 10.5 Å². The van der Waals surface area contributed by atoms with Crippen molar-refractivity contribution in [3.63, 3.8) is 0 Å². The second kappa shape index (κ2) is 3.88. The van der Waals surface area contributed by atoms with Crippen LogP contribution in [-0.2, 0) is 0 Å². The third-order valence-corrected chi connectivity index (χ3v) is 1.14. The van der Waals surface area contributed by atoms with E-state index in [9.17, 15) is 0 Å². The standard InChI is InChI=1S/C7H11N3O/c1-6-4-7(10-9-5-6)11-3-2-8/h4-5H,2-3,8H2,1H3. The Kier molecular flexibility index (Phi) is 2.80. The number of hydrogen-bond donors (Lipinski definition) is 1. The number of nitrogens with two attached hydrogens (primary N) is 1. The molecule has 60 valence electrons. The first-order valence-corrected chi connectivity index (χ1v) is 3.45. The highest BCUT2D eigenvalue weighted by Crippen LogP contribution is 2.04. The summed E-state index contributed by atoms with van der Waals surface area (Å²) < 4.78 is 5.14. The molecule has 4 nitrogen and oxygen atoms in total. The van der Waals surface area contributed by atoms with Crippen LogP contribution in [0, 0.1) is 6.92 Å². The summed E-state index contributed by atoms with van der Waals surface area (Å²) in [5.74, 6) is 0.537. The van der Waals surface area contributed by atoms with Crippen molar-refractivity contribution in [2.24, 2.45) is 5.73 Å². The number of aromatic nitrogens is 2. The summed E-state index contributed by atoms with van der Waals surface area (Å²) in [7, 11) is 0. The average Bonchev–Trinajstić information content (AvgIpc) is 2.01. The third-order valence-electron chi connectivity index (χ3n) is 1.14. The van der Waals surface area contributed by atoms with E-state index in [1.54, 1.807) is 6.20 Å². The minimum Gasteiger partial charge on any atom is -0.475 e. The van der Waals surface area contributed by atoms with Gasteiger partial charge in [0.25, 0.3) is 0 Å². The van der Waals surface area contributed by atoms with Crippen molar-refractivity contribution in [1.29, 1.82) is 0 Å². The highest BCUT2D eigenvalue weighted by Gasteiger charge is 1.93. The van der Waals surface area contributed by atoms with Gasteiger partial charge in [0.2, 0.25) is 5.88 Å². The fraction of sp³-hybridized carbons (Fsp3) is 0.429. The summed E-state index contributed by atoms with van der Waals surface area (Å²) in [5, 5.41) is 7.47. The Labute approximate surface area is 65.4 Å². The molecule has 0 unspecified atom stereocenters. The highest BCUT2D eigenvalue weighted by molar-refractivity contribution is 5.14. The predicted octanol–water partition coefficient (Wildman–Crippen LogP) is 0.123. The van der Waals surface area contributed by atoms with Crippen LogP contribution in [0.25, 0.3) is 0 Å². The van der Waals surface area contributed by atoms with Gasteiger partial charge in [0.05, 0.1) is 6.20 Å². The predicted molar refractivity (Wildman–Crippen MR) is 41.3 cm³/mol. The van der Waals surface area contributed by atoms with Gasteiger partial charge in [0, 0.05) is 12.6 Å². The van der Waals surface area contributed by atoms with Gasteiger partial charge in [0.15, 0.2) is 0 Å². The average molecular weight is 153 g/mol. The zero-order valence-electron chi connectivity index (χ0n) is 6.45. The first-order chi connectivity index (χ1) is 5.33. The molecule has 0 aliphatic heterocycles. The number of aryl methyl sites for hydroxylation is 1. The summed E-state index contributed by atoms with van der Waals surface area (Å²) in [6.07, 6.45) is 1.68. The van der Waals surface area contributed by atoms with E-state index in [-0.39, 0.29) is 0 Å². The maximum atomic E-state index is 5.24. The van der Waals surface area contributed by atoms with E-state index in [1.807, 2.05) is 13.0 Å². The molecular weight excluding hydrogens is 142 g/mol. The molecule has 1 heterocycles. The summed E-state index contributed by atoms with van der Waals surface area (Å²) in [6.45, 7) is 2.91. The molecule has 0 amide bonds. The summed E-state index contributed by atoms with van der Waals surface area (Å²) in [5.41, 5.74) is 6.28. The van der Waals surface area contributed by atoms with Crippen LogP contribution in [0.3, 0.4) is 0 Å². The van der Waals surface area contributed by atoms with Crippen molar-refractivity contribution >= 4 is 0 Å². The fourth-order valence-electron chi connectivity index (χ4n) is 0.672. The number of nitrogens with zero attached hydrogens (tertiary/aromatic N) is 2. The van der Waals surface area contributed by atoms with Crippen LogP contribution in [0.2, 0.25) is 0 Å². The molecule has 1 aromatic rings. The van der Waals surface area contributed by atoms with Crippen LogP contribution in [0.5, 0.6) is 5.88 Å². The Morgan fingerprint density at radius 3 is 3.09 bits per heavy atom. The van der Waals surface area contributed by atoms with Gasteiger partial charge in [-0.25, -0.2) is 0 Å². The van der Waals surface area contributed by atoms with Crippen LogP contribution >= 0.6 is 0 Å². The second-order valence-electron chi connectivity index (χ2n) is 2.21. The zero-order chi connectivity index (χ0) is 8.10. The Bertz CT molecular complexity index is 227. The summed E-state index contributed by atoms with van der Waals surface area (Å²) in [6, 6.07) is 1.82. The molecule has 0 saturated carbocycles. The molecule has 0 aliphatic rings. The number of hydrogen-bond acceptors (Lipinski definition) is 4. The molecule has 0 atom stereocenters. The molecule has 2 N–H and O–H groups in total. The van der Waals surface area contributed by atoms with Crippen LogP contribution in [0.4, 0.5) is 0 Å². The molecule has 0 bridgehead atoms. The Morgan fingerprint density at radius 2 is 2.45 bits per heavy atom. The summed E-state index contributed by atoms with van der Waals surface area (Å²) >= 11 is 0. The Balaban J connectivity index is 2.56. The molecule has 11 heavy (non-hydrogen) atoms. The lowest BCUT2D eigenvalue weighted by Gasteiger charge is -2.01. The van der Waals surface area contributed by atoms with Crippen molar-refractivity contribution in [2.45, 2.75) is 6.92 Å². The molecule has 0 radical (unpaired) electrons. The molecule has 0 fully saturated rings. The Hall–Kier alpha value is -1.16. The first kappa shape index (κ1) is 7.94. The lowest BCUT2D eigenvalue weighted by atomic mass is 10.3. The minimum atomic E-state index is 0.484. The lowest BCUT2D eigenvalue weighted by Crippen LogP contribution is -2.11. The van der Waals surface area contributed by atoms with Crippen molar-refractivity contribution in [2.75, 3.05) is 13.2 Å². The molecule has 1 rings (SSSR count). The number of rotatable bonds is 3. The third kappa shape index (κ3) is 2.51. The Morgan fingerprint density at radius 1 is 1.64 bits per heavy atom. The summed E-state index contributed by atoms with van der Waals surface area (Å²) in [4.78, 5) is 0. The van der Waals surface area contributed by atoms with Crippen LogP contribution in [0.15, 0.2) is 12.3 Å². The van der Waals surface area contributed by atoms with Crippen molar-refractivity contribution in [1.82, 2.24) is 10.2 Å². The molecule has 0 saturated heterocycles. The SMILES string of the molecule is Cc1cnnc(OCCN)c1. The van der Waals surface area contributed by atoms with E-state index < -0.39 is 0 Å². The number of ether oxygens (including phenoxy) is 1. The van der Waals surface area contributed by atoms with E-state index in [1.165, 1.54) is 0 Å². The van der Waals surface area contributed by atoms with Gasteiger partial charge in [-0.2, -0.15) is 5.10 Å². The van der Waals surface area contributed by atoms with Gasteiger partial charge in [0.1, 0.15) is 6.61 Å². The molecular formula is C7H11N3O. The van der Waals surface area contributed by atoms with Crippen LogP contribution in [0.1, 0.15) is 5.56 Å². The van der Waals surface area contributed by atoms with Crippen molar-refractivity contribution in [3.05, 3.63) is 17.8 Å². The first-order valence-electron chi connectivity index (χ1n) is 3.45. The van der Waals surface area contributed by atoms with E-state index in [4.69, 9.17) is 10.5 Å². The smallest absolute Gasteiger partial charge is 0.233 e. The fourth-order valence-corrected chi connectivity index (χ4v) is 0.672. The lowest BCUT2D eigenvalue weighted by molar-refractivity contribution is 0.311. The van der Waals surface area contributed by atoms with Gasteiger partial charge >= 0.3 is 0 Å². The van der Waals surface area contributed by atoms with Gasteiger partial charge in [-0.15, -0.1) is 5.10 Å². The van der Waals surface area contributed by atoms with Crippen molar-refractivity contribution < 1.29 is 4.74 Å². The normalized spacial score (nSPS) is 9.64. The molecule has 0 spiro atoms. The molecule has 4 heteroatoms. The zero-order valence-corrected chi connectivity index (χ0v) is 6.45. The van der Waals surface area contributed by atoms with E-state index in [0.29, 0.717) is 19.0 Å². The van der Waals surface area contributed by atoms with Crippen LogP contribution < -0.4 is 10.5 Å². The second-order valence-corrected chi connectivity index (χ2v) is 2.21. The quantitative estimate of drug-likeness (QED) is 0.670. The highest BCUT2D eigenvalue weighted by atomic mass is 16.5. The maximum absolute atomic E-state index is 5.24. The largest absolute Gasteiger partial charge is 0.475 e. The van der Waals surface area contributed by atoms with Crippen molar-refractivity contribution in [3.8, 4) is 5.88 Å². The van der Waals surface area contributed by atoms with Gasteiger partial charge in [-0.1, -0.05) is 0 Å². The van der Waals surface area contributed by atoms with E-state index in [0.717, 1.165) is 5.56 Å². The van der Waals surface area contributed by atoms with Gasteiger partial charge in [-0.05, 0) is 12.5 Å². The molecule has 1 aromatic heterocycles. The van der Waals surface area contributed by atoms with Crippen LogP contribution in [-0.4, -0.2) is 23.3 Å². The van der Waals surface area contributed by atoms with E-state index in [2.05, 4.69) is 10.2 Å². The minimum absolute atomic E-state index is 0.484. The van der Waals surface area contributed by atoms with Gasteiger partial charge in [-0.3, -0.25) is 0 Å². The molecule has 0 aromatic carbocycles. The van der Waals surface area contributed by atoms with E-state index >= 15 is 0 Å². The maximum Gasteiger partial charge on any atom is 0.233 e. The topological polar surface area (TPSA) is 61.0 Å².